The molecular weight excluding hydrogens is 320 g/mol. The van der Waals surface area contributed by atoms with Gasteiger partial charge in [-0.1, -0.05) is 25.9 Å². The molecule has 2 atom stereocenters. The molecule has 2 rings (SSSR count). The highest BCUT2D eigenvalue weighted by Crippen LogP contribution is 2.28. The van der Waals surface area contributed by atoms with E-state index in [9.17, 15) is 13.2 Å². The third-order valence-corrected chi connectivity index (χ3v) is 6.04. The molecule has 1 aliphatic heterocycles. The first-order chi connectivity index (χ1) is 10.5. The predicted molar refractivity (Wildman–Crippen MR) is 84.4 cm³/mol. The standard InChI is InChI=1S/C15H24N2O5S/c1-10-5-6-11(14(18)19)8-17(10)23(20,21)9-12-7-13(22-16-12)15(2,3)4/h7,10-11H,5-6,8-9H2,1-4H3,(H,18,19). The van der Waals surface area contributed by atoms with Crippen molar-refractivity contribution in [2.24, 2.45) is 5.92 Å². The summed E-state index contributed by atoms with van der Waals surface area (Å²) < 4.78 is 31.8. The van der Waals surface area contributed by atoms with Crippen molar-refractivity contribution in [2.45, 2.75) is 57.7 Å². The van der Waals surface area contributed by atoms with E-state index in [0.717, 1.165) is 0 Å². The summed E-state index contributed by atoms with van der Waals surface area (Å²) in [6.07, 6.45) is 1.04. The average Bonchev–Trinajstić information content (AvgIpc) is 2.86. The van der Waals surface area contributed by atoms with Crippen LogP contribution in [0, 0.1) is 5.92 Å². The van der Waals surface area contributed by atoms with Crippen LogP contribution in [0.25, 0.3) is 0 Å². The fourth-order valence-electron chi connectivity index (χ4n) is 2.67. The van der Waals surface area contributed by atoms with E-state index in [2.05, 4.69) is 5.16 Å². The predicted octanol–water partition coefficient (Wildman–Crippen LogP) is 1.99. The van der Waals surface area contributed by atoms with E-state index in [1.54, 1.807) is 13.0 Å². The molecule has 1 aromatic rings. The molecule has 2 heterocycles. The van der Waals surface area contributed by atoms with E-state index in [0.29, 0.717) is 24.3 Å². The van der Waals surface area contributed by atoms with Crippen molar-refractivity contribution in [3.63, 3.8) is 0 Å². The monoisotopic (exact) mass is 344 g/mol. The number of aliphatic carboxylic acids is 1. The van der Waals surface area contributed by atoms with Crippen LogP contribution in [-0.4, -0.2) is 41.5 Å². The maximum atomic E-state index is 12.6. The number of hydrogen-bond donors (Lipinski definition) is 1. The van der Waals surface area contributed by atoms with Gasteiger partial charge in [0.2, 0.25) is 10.0 Å². The Labute approximate surface area is 136 Å². The first-order valence-corrected chi connectivity index (χ1v) is 9.30. The molecule has 0 spiro atoms. The van der Waals surface area contributed by atoms with Crippen molar-refractivity contribution in [1.29, 1.82) is 0 Å². The Morgan fingerprint density at radius 1 is 1.43 bits per heavy atom. The zero-order chi connectivity index (χ0) is 17.4. The smallest absolute Gasteiger partial charge is 0.307 e. The van der Waals surface area contributed by atoms with Gasteiger partial charge >= 0.3 is 5.97 Å². The number of piperidine rings is 1. The second-order valence-electron chi connectivity index (χ2n) is 7.22. The van der Waals surface area contributed by atoms with Gasteiger partial charge in [0.1, 0.15) is 17.2 Å². The third-order valence-electron chi connectivity index (χ3n) is 4.16. The van der Waals surface area contributed by atoms with Gasteiger partial charge in [-0.15, -0.1) is 0 Å². The molecule has 1 saturated heterocycles. The number of nitrogens with zero attached hydrogens (tertiary/aromatic N) is 2. The summed E-state index contributed by atoms with van der Waals surface area (Å²) in [5, 5.41) is 13.0. The molecule has 0 bridgehead atoms. The lowest BCUT2D eigenvalue weighted by Crippen LogP contribution is -2.47. The minimum Gasteiger partial charge on any atom is -0.481 e. The minimum absolute atomic E-state index is 0.0167. The Morgan fingerprint density at radius 2 is 2.09 bits per heavy atom. The van der Waals surface area contributed by atoms with E-state index in [1.165, 1.54) is 4.31 Å². The van der Waals surface area contributed by atoms with Crippen LogP contribution in [-0.2, 0) is 26.0 Å². The second kappa shape index (κ2) is 6.24. The molecule has 8 heteroatoms. The lowest BCUT2D eigenvalue weighted by molar-refractivity contribution is -0.143. The Balaban J connectivity index is 2.17. The molecular formula is C15H24N2O5S. The molecule has 7 nitrogen and oxygen atoms in total. The summed E-state index contributed by atoms with van der Waals surface area (Å²) in [6.45, 7) is 7.68. The van der Waals surface area contributed by atoms with Gasteiger partial charge in [0.15, 0.2) is 0 Å². The number of carboxylic acid groups (broad SMARTS) is 1. The van der Waals surface area contributed by atoms with Crippen LogP contribution in [0.3, 0.4) is 0 Å². The number of rotatable bonds is 4. The van der Waals surface area contributed by atoms with Gasteiger partial charge in [-0.2, -0.15) is 4.31 Å². The summed E-state index contributed by atoms with van der Waals surface area (Å²) >= 11 is 0. The molecule has 130 valence electrons. The summed E-state index contributed by atoms with van der Waals surface area (Å²) in [4.78, 5) is 11.2. The lowest BCUT2D eigenvalue weighted by Gasteiger charge is -2.35. The summed E-state index contributed by atoms with van der Waals surface area (Å²) in [7, 11) is -3.64. The van der Waals surface area contributed by atoms with Gasteiger partial charge in [-0.25, -0.2) is 8.42 Å². The highest BCUT2D eigenvalue weighted by molar-refractivity contribution is 7.88. The van der Waals surface area contributed by atoms with Crippen LogP contribution in [0.1, 0.15) is 52.0 Å². The molecule has 23 heavy (non-hydrogen) atoms. The largest absolute Gasteiger partial charge is 0.481 e. The van der Waals surface area contributed by atoms with E-state index in [1.807, 2.05) is 20.8 Å². The lowest BCUT2D eigenvalue weighted by atomic mass is 9.93. The Bertz CT molecular complexity index is 674. The van der Waals surface area contributed by atoms with Crippen LogP contribution >= 0.6 is 0 Å². The van der Waals surface area contributed by atoms with Crippen molar-refractivity contribution in [3.8, 4) is 0 Å². The van der Waals surface area contributed by atoms with Crippen molar-refractivity contribution in [2.75, 3.05) is 6.54 Å². The molecule has 1 aromatic heterocycles. The zero-order valence-electron chi connectivity index (χ0n) is 13.9. The van der Waals surface area contributed by atoms with Crippen molar-refractivity contribution >= 4 is 16.0 Å². The van der Waals surface area contributed by atoms with Gasteiger partial charge in [0, 0.05) is 24.1 Å². The molecule has 0 saturated carbocycles. The zero-order valence-corrected chi connectivity index (χ0v) is 14.8. The first kappa shape index (κ1) is 17.9. The second-order valence-corrected chi connectivity index (χ2v) is 9.14. The Morgan fingerprint density at radius 3 is 2.61 bits per heavy atom. The Hall–Kier alpha value is -1.41. The van der Waals surface area contributed by atoms with Gasteiger partial charge in [-0.3, -0.25) is 4.79 Å². The highest BCUT2D eigenvalue weighted by atomic mass is 32.2. The van der Waals surface area contributed by atoms with Gasteiger partial charge in [0.05, 0.1) is 5.92 Å². The number of hydrogen-bond acceptors (Lipinski definition) is 5. The molecule has 1 aliphatic rings. The quantitative estimate of drug-likeness (QED) is 0.896. The molecule has 0 radical (unpaired) electrons. The maximum Gasteiger partial charge on any atom is 0.307 e. The normalized spacial score (nSPS) is 23.8. The number of sulfonamides is 1. The van der Waals surface area contributed by atoms with Gasteiger partial charge < -0.3 is 9.63 Å². The fraction of sp³-hybridized carbons (Fsp3) is 0.733. The van der Waals surface area contributed by atoms with Gasteiger partial charge in [-0.05, 0) is 19.8 Å². The average molecular weight is 344 g/mol. The maximum absolute atomic E-state index is 12.6. The molecule has 0 aromatic carbocycles. The van der Waals surface area contributed by atoms with E-state index in [4.69, 9.17) is 9.63 Å². The summed E-state index contributed by atoms with van der Waals surface area (Å²) in [6, 6.07) is 1.45. The number of aromatic nitrogens is 1. The first-order valence-electron chi connectivity index (χ1n) is 7.69. The van der Waals surface area contributed by atoms with Crippen LogP contribution in [0.15, 0.2) is 10.6 Å². The van der Waals surface area contributed by atoms with E-state index >= 15 is 0 Å². The van der Waals surface area contributed by atoms with Crippen molar-refractivity contribution < 1.29 is 22.8 Å². The van der Waals surface area contributed by atoms with Crippen LogP contribution in [0.2, 0.25) is 0 Å². The molecule has 0 amide bonds. The van der Waals surface area contributed by atoms with Crippen LogP contribution < -0.4 is 0 Å². The summed E-state index contributed by atoms with van der Waals surface area (Å²) in [5.74, 6) is -1.25. The third kappa shape index (κ3) is 4.11. The van der Waals surface area contributed by atoms with Crippen molar-refractivity contribution in [3.05, 3.63) is 17.5 Å². The van der Waals surface area contributed by atoms with Gasteiger partial charge in [0.25, 0.3) is 0 Å². The van der Waals surface area contributed by atoms with Crippen LogP contribution in [0.4, 0.5) is 0 Å². The number of carboxylic acids is 1. The Kier molecular flexibility index (Phi) is 4.86. The topological polar surface area (TPSA) is 101 Å². The van der Waals surface area contributed by atoms with Crippen molar-refractivity contribution in [1.82, 2.24) is 9.46 Å². The molecule has 2 unspecified atom stereocenters. The fourth-order valence-corrected chi connectivity index (χ4v) is 4.40. The molecule has 1 N–H and O–H groups in total. The number of carbonyl (C=O) groups is 1. The SMILES string of the molecule is CC1CCC(C(=O)O)CN1S(=O)(=O)Cc1cc(C(C)(C)C)on1. The van der Waals surface area contributed by atoms with E-state index < -0.39 is 21.9 Å². The van der Waals surface area contributed by atoms with Crippen LogP contribution in [0.5, 0.6) is 0 Å². The van der Waals surface area contributed by atoms with E-state index in [-0.39, 0.29) is 23.8 Å². The molecule has 1 fully saturated rings. The molecule has 0 aliphatic carbocycles. The summed E-state index contributed by atoms with van der Waals surface area (Å²) in [5.41, 5.74) is 0.0986. The minimum atomic E-state index is -3.64. The highest BCUT2D eigenvalue weighted by Gasteiger charge is 2.37.